The van der Waals surface area contributed by atoms with E-state index in [-0.39, 0.29) is 12.0 Å². The average Bonchev–Trinajstić information content (AvgIpc) is 2.97. The number of nitrogens with zero attached hydrogens (tertiary/aromatic N) is 5. The topological polar surface area (TPSA) is 74.5 Å². The van der Waals surface area contributed by atoms with Crippen LogP contribution < -0.4 is 0 Å². The van der Waals surface area contributed by atoms with Gasteiger partial charge in [0.1, 0.15) is 11.6 Å². The number of carbonyl (C=O) groups excluding carboxylic acids is 1. The third-order valence-electron chi connectivity index (χ3n) is 5.72. The maximum Gasteiger partial charge on any atom is 0.222 e. The minimum Gasteiger partial charge on any atom is -0.393 e. The maximum absolute atomic E-state index is 12.2. The van der Waals surface area contributed by atoms with Crippen molar-refractivity contribution in [1.29, 1.82) is 0 Å². The van der Waals surface area contributed by atoms with Crippen LogP contribution in [-0.2, 0) is 18.4 Å². The number of piperidine rings is 2. The molecule has 0 bridgehead atoms. The minimum atomic E-state index is -0.148. The van der Waals surface area contributed by atoms with E-state index in [2.05, 4.69) is 40.6 Å². The second-order valence-corrected chi connectivity index (χ2v) is 8.29. The highest BCUT2D eigenvalue weighted by atomic mass is 16.3. The van der Waals surface area contributed by atoms with Crippen LogP contribution in [0.5, 0.6) is 0 Å². The summed E-state index contributed by atoms with van der Waals surface area (Å²) < 4.78 is 2.14. The first-order chi connectivity index (χ1) is 12.4. The Labute approximate surface area is 156 Å². The molecular weight excluding hydrogens is 330 g/mol. The number of carbonyl (C=O) groups is 1. The maximum atomic E-state index is 12.2. The second kappa shape index (κ2) is 8.48. The lowest BCUT2D eigenvalue weighted by molar-refractivity contribution is -0.133. The molecule has 146 valence electrons. The summed E-state index contributed by atoms with van der Waals surface area (Å²) in [6.07, 6.45) is 4.10. The van der Waals surface area contributed by atoms with Gasteiger partial charge in [0.25, 0.3) is 0 Å². The zero-order chi connectivity index (χ0) is 18.7. The molecule has 0 unspecified atom stereocenters. The summed E-state index contributed by atoms with van der Waals surface area (Å²) in [7, 11) is 2.06. The van der Waals surface area contributed by atoms with E-state index in [9.17, 15) is 9.90 Å². The monoisotopic (exact) mass is 363 g/mol. The molecule has 1 amide bonds. The lowest BCUT2D eigenvalue weighted by Crippen LogP contribution is -2.38. The fraction of sp³-hybridized carbons (Fsp3) is 0.842. The van der Waals surface area contributed by atoms with Gasteiger partial charge in [-0.3, -0.25) is 9.69 Å². The Morgan fingerprint density at radius 1 is 1.12 bits per heavy atom. The molecule has 2 aliphatic rings. The number of hydrogen-bond acceptors (Lipinski definition) is 5. The largest absolute Gasteiger partial charge is 0.393 e. The molecule has 2 fully saturated rings. The standard InChI is InChI=1S/C19H33N5O2/c1-14(2)12-18(26)24-10-4-15(5-11-24)19-21-20-17(22(19)3)13-23-8-6-16(25)7-9-23/h14-16,25H,4-13H2,1-3H3. The zero-order valence-electron chi connectivity index (χ0n) is 16.4. The SMILES string of the molecule is CC(C)CC(=O)N1CCC(c2nnc(CN3CCC(O)CC3)n2C)CC1. The number of aliphatic hydroxyl groups excluding tert-OH is 1. The first-order valence-electron chi connectivity index (χ1n) is 10.0. The molecule has 1 N–H and O–H groups in total. The quantitative estimate of drug-likeness (QED) is 0.859. The van der Waals surface area contributed by atoms with E-state index in [1.807, 2.05) is 4.90 Å². The Morgan fingerprint density at radius 3 is 2.38 bits per heavy atom. The van der Waals surface area contributed by atoms with Gasteiger partial charge >= 0.3 is 0 Å². The van der Waals surface area contributed by atoms with Crippen LogP contribution in [0.4, 0.5) is 0 Å². The molecule has 0 aromatic carbocycles. The van der Waals surface area contributed by atoms with Crippen LogP contribution in [0.1, 0.15) is 63.5 Å². The van der Waals surface area contributed by atoms with Gasteiger partial charge in [0.2, 0.25) is 5.91 Å². The van der Waals surface area contributed by atoms with Crippen molar-refractivity contribution in [2.75, 3.05) is 26.2 Å². The van der Waals surface area contributed by atoms with E-state index >= 15 is 0 Å². The fourth-order valence-corrected chi connectivity index (χ4v) is 4.01. The normalized spacial score (nSPS) is 20.9. The summed E-state index contributed by atoms with van der Waals surface area (Å²) in [4.78, 5) is 16.6. The van der Waals surface area contributed by atoms with Crippen molar-refractivity contribution < 1.29 is 9.90 Å². The van der Waals surface area contributed by atoms with Crippen molar-refractivity contribution in [2.45, 2.75) is 64.5 Å². The molecule has 0 saturated carbocycles. The van der Waals surface area contributed by atoms with Crippen LogP contribution in [0.25, 0.3) is 0 Å². The molecule has 7 heteroatoms. The second-order valence-electron chi connectivity index (χ2n) is 8.29. The van der Waals surface area contributed by atoms with Gasteiger partial charge in [0.05, 0.1) is 12.6 Å². The first kappa shape index (κ1) is 19.3. The minimum absolute atomic E-state index is 0.148. The highest BCUT2D eigenvalue weighted by Crippen LogP contribution is 2.27. The molecule has 0 radical (unpaired) electrons. The summed E-state index contributed by atoms with van der Waals surface area (Å²) in [6, 6.07) is 0. The molecule has 1 aromatic rings. The Morgan fingerprint density at radius 2 is 1.77 bits per heavy atom. The highest BCUT2D eigenvalue weighted by molar-refractivity contribution is 5.76. The average molecular weight is 364 g/mol. The van der Waals surface area contributed by atoms with Crippen molar-refractivity contribution in [3.05, 3.63) is 11.6 Å². The van der Waals surface area contributed by atoms with E-state index in [1.165, 1.54) is 0 Å². The number of likely N-dealkylation sites (tertiary alicyclic amines) is 2. The number of hydrogen-bond donors (Lipinski definition) is 1. The molecule has 7 nitrogen and oxygen atoms in total. The molecule has 3 heterocycles. The van der Waals surface area contributed by atoms with Crippen LogP contribution in [0.2, 0.25) is 0 Å². The molecule has 0 spiro atoms. The third kappa shape index (κ3) is 4.62. The van der Waals surface area contributed by atoms with Gasteiger partial charge in [-0.15, -0.1) is 10.2 Å². The molecule has 26 heavy (non-hydrogen) atoms. The first-order valence-corrected chi connectivity index (χ1v) is 10.0. The molecule has 2 aliphatic heterocycles. The third-order valence-corrected chi connectivity index (χ3v) is 5.72. The fourth-order valence-electron chi connectivity index (χ4n) is 4.01. The summed E-state index contributed by atoms with van der Waals surface area (Å²) in [6.45, 7) is 8.45. The Kier molecular flexibility index (Phi) is 6.29. The van der Waals surface area contributed by atoms with Gasteiger partial charge in [0.15, 0.2) is 0 Å². The van der Waals surface area contributed by atoms with Gasteiger partial charge in [-0.2, -0.15) is 0 Å². The van der Waals surface area contributed by atoms with Crippen molar-refractivity contribution >= 4 is 5.91 Å². The van der Waals surface area contributed by atoms with Gasteiger partial charge in [-0.1, -0.05) is 13.8 Å². The lowest BCUT2D eigenvalue weighted by Gasteiger charge is -2.32. The van der Waals surface area contributed by atoms with Crippen LogP contribution in [0.3, 0.4) is 0 Å². The number of aromatic nitrogens is 3. The van der Waals surface area contributed by atoms with Crippen molar-refractivity contribution in [1.82, 2.24) is 24.6 Å². The molecule has 3 rings (SSSR count). The van der Waals surface area contributed by atoms with E-state index in [0.717, 1.165) is 70.1 Å². The van der Waals surface area contributed by atoms with Crippen LogP contribution in [0.15, 0.2) is 0 Å². The predicted molar refractivity (Wildman–Crippen MR) is 99.5 cm³/mol. The summed E-state index contributed by atoms with van der Waals surface area (Å²) >= 11 is 0. The molecule has 0 atom stereocenters. The van der Waals surface area contributed by atoms with Crippen LogP contribution >= 0.6 is 0 Å². The molecule has 1 aromatic heterocycles. The molecule has 2 saturated heterocycles. The summed E-state index contributed by atoms with van der Waals surface area (Å²) in [5.41, 5.74) is 0. The van der Waals surface area contributed by atoms with Crippen molar-refractivity contribution in [2.24, 2.45) is 13.0 Å². The van der Waals surface area contributed by atoms with Gasteiger partial charge in [-0.05, 0) is 31.6 Å². The highest BCUT2D eigenvalue weighted by Gasteiger charge is 2.28. The summed E-state index contributed by atoms with van der Waals surface area (Å²) in [5, 5.41) is 18.5. The molecule has 0 aliphatic carbocycles. The van der Waals surface area contributed by atoms with Gasteiger partial charge in [0, 0.05) is 45.6 Å². The number of rotatable bonds is 5. The lowest BCUT2D eigenvalue weighted by atomic mass is 9.95. The Bertz CT molecular complexity index is 599. The predicted octanol–water partition coefficient (Wildman–Crippen LogP) is 1.52. The van der Waals surface area contributed by atoms with E-state index in [1.54, 1.807) is 0 Å². The van der Waals surface area contributed by atoms with Crippen LogP contribution in [-0.4, -0.2) is 67.9 Å². The Hall–Kier alpha value is -1.47. The van der Waals surface area contributed by atoms with Gasteiger partial charge in [-0.25, -0.2) is 0 Å². The van der Waals surface area contributed by atoms with Crippen molar-refractivity contribution in [3.8, 4) is 0 Å². The van der Waals surface area contributed by atoms with E-state index < -0.39 is 0 Å². The molecular formula is C19H33N5O2. The van der Waals surface area contributed by atoms with Crippen LogP contribution in [0, 0.1) is 5.92 Å². The van der Waals surface area contributed by atoms with Gasteiger partial charge < -0.3 is 14.6 Å². The van der Waals surface area contributed by atoms with Crippen molar-refractivity contribution in [3.63, 3.8) is 0 Å². The van der Waals surface area contributed by atoms with E-state index in [4.69, 9.17) is 0 Å². The Balaban J connectivity index is 1.54. The zero-order valence-corrected chi connectivity index (χ0v) is 16.4. The van der Waals surface area contributed by atoms with E-state index in [0.29, 0.717) is 18.3 Å². The smallest absolute Gasteiger partial charge is 0.222 e. The summed E-state index contributed by atoms with van der Waals surface area (Å²) in [5.74, 6) is 3.12. The number of aliphatic hydroxyl groups is 1. The number of amides is 1.